The lowest BCUT2D eigenvalue weighted by Gasteiger charge is -2.34. The van der Waals surface area contributed by atoms with Crippen molar-refractivity contribution in [1.82, 2.24) is 19.9 Å². The lowest BCUT2D eigenvalue weighted by molar-refractivity contribution is -0.133. The summed E-state index contributed by atoms with van der Waals surface area (Å²) in [6, 6.07) is 9.94. The number of hydrogen-bond acceptors (Lipinski definition) is 4. The number of carbonyl (C=O) groups is 1. The minimum atomic E-state index is -0.141. The van der Waals surface area contributed by atoms with Gasteiger partial charge in [0.05, 0.1) is 18.9 Å². The molecule has 25 heavy (non-hydrogen) atoms. The number of hydrogen-bond donors (Lipinski definition) is 0. The zero-order chi connectivity index (χ0) is 17.2. The molecule has 1 aliphatic carbocycles. The summed E-state index contributed by atoms with van der Waals surface area (Å²) in [5.41, 5.74) is 3.22. The van der Waals surface area contributed by atoms with Crippen LogP contribution in [-0.2, 0) is 29.1 Å². The molecule has 2 aliphatic rings. The van der Waals surface area contributed by atoms with Crippen LogP contribution in [0.3, 0.4) is 0 Å². The van der Waals surface area contributed by atoms with E-state index in [1.54, 1.807) is 6.92 Å². The van der Waals surface area contributed by atoms with Crippen molar-refractivity contribution < 1.29 is 9.53 Å². The molecule has 1 aromatic heterocycles. The van der Waals surface area contributed by atoms with Crippen molar-refractivity contribution in [2.75, 3.05) is 13.2 Å². The van der Waals surface area contributed by atoms with Gasteiger partial charge in [0, 0.05) is 26.4 Å². The SMILES string of the molecule is CC(=O)N1CCc2c(nnn2CC2CC2)C1COCc1ccccc1. The Morgan fingerprint density at radius 3 is 2.80 bits per heavy atom. The summed E-state index contributed by atoms with van der Waals surface area (Å²) >= 11 is 0. The highest BCUT2D eigenvalue weighted by Gasteiger charge is 2.34. The van der Waals surface area contributed by atoms with Crippen molar-refractivity contribution in [3.05, 3.63) is 47.3 Å². The second kappa shape index (κ2) is 6.96. The quantitative estimate of drug-likeness (QED) is 0.810. The van der Waals surface area contributed by atoms with Gasteiger partial charge in [-0.1, -0.05) is 35.5 Å². The third-order valence-corrected chi connectivity index (χ3v) is 5.07. The lowest BCUT2D eigenvalue weighted by Crippen LogP contribution is -2.41. The van der Waals surface area contributed by atoms with E-state index < -0.39 is 0 Å². The van der Waals surface area contributed by atoms with E-state index in [0.717, 1.165) is 30.1 Å². The molecule has 1 unspecified atom stereocenters. The van der Waals surface area contributed by atoms with Gasteiger partial charge >= 0.3 is 0 Å². The molecule has 1 aliphatic heterocycles. The van der Waals surface area contributed by atoms with Gasteiger partial charge in [0.1, 0.15) is 11.7 Å². The molecule has 2 heterocycles. The van der Waals surface area contributed by atoms with E-state index >= 15 is 0 Å². The Morgan fingerprint density at radius 2 is 2.08 bits per heavy atom. The van der Waals surface area contributed by atoms with Gasteiger partial charge in [-0.05, 0) is 24.3 Å². The number of amides is 1. The Hall–Kier alpha value is -2.21. The van der Waals surface area contributed by atoms with E-state index in [-0.39, 0.29) is 11.9 Å². The van der Waals surface area contributed by atoms with Gasteiger partial charge in [0.15, 0.2) is 0 Å². The Balaban J connectivity index is 1.49. The summed E-state index contributed by atoms with van der Waals surface area (Å²) in [6.07, 6.45) is 3.40. The van der Waals surface area contributed by atoms with Crippen LogP contribution in [-0.4, -0.2) is 39.0 Å². The number of aromatic nitrogens is 3. The maximum absolute atomic E-state index is 12.1. The van der Waals surface area contributed by atoms with Crippen molar-refractivity contribution in [2.24, 2.45) is 5.92 Å². The third kappa shape index (κ3) is 3.58. The Bertz CT molecular complexity index is 739. The summed E-state index contributed by atoms with van der Waals surface area (Å²) in [5, 5.41) is 8.78. The first kappa shape index (κ1) is 16.3. The molecule has 1 amide bonds. The van der Waals surface area contributed by atoms with Crippen LogP contribution in [0.5, 0.6) is 0 Å². The molecule has 1 saturated carbocycles. The highest BCUT2D eigenvalue weighted by Crippen LogP contribution is 2.33. The van der Waals surface area contributed by atoms with Crippen LogP contribution < -0.4 is 0 Å². The molecule has 132 valence electrons. The molecule has 4 rings (SSSR count). The first-order valence-corrected chi connectivity index (χ1v) is 9.03. The number of carbonyl (C=O) groups excluding carboxylic acids is 1. The molecule has 0 radical (unpaired) electrons. The van der Waals surface area contributed by atoms with Crippen LogP contribution in [0, 0.1) is 5.92 Å². The standard InChI is InChI=1S/C19H24N4O2/c1-14(24)22-10-9-17-19(20-21-23(17)11-15-7-8-15)18(22)13-25-12-16-5-3-2-4-6-16/h2-6,15,18H,7-13H2,1H3. The van der Waals surface area contributed by atoms with E-state index in [9.17, 15) is 4.79 Å². The second-order valence-corrected chi connectivity index (χ2v) is 7.03. The second-order valence-electron chi connectivity index (χ2n) is 7.03. The highest BCUT2D eigenvalue weighted by molar-refractivity contribution is 5.74. The average molecular weight is 340 g/mol. The molecule has 2 aromatic rings. The van der Waals surface area contributed by atoms with Crippen molar-refractivity contribution in [3.63, 3.8) is 0 Å². The molecule has 1 aromatic carbocycles. The van der Waals surface area contributed by atoms with Crippen LogP contribution in [0.2, 0.25) is 0 Å². The molecular formula is C19H24N4O2. The number of benzene rings is 1. The number of fused-ring (bicyclic) bond motifs is 1. The van der Waals surface area contributed by atoms with Crippen molar-refractivity contribution >= 4 is 5.91 Å². The fourth-order valence-corrected chi connectivity index (χ4v) is 3.49. The highest BCUT2D eigenvalue weighted by atomic mass is 16.5. The topological polar surface area (TPSA) is 60.2 Å². The van der Waals surface area contributed by atoms with Crippen molar-refractivity contribution in [2.45, 2.75) is 45.4 Å². The van der Waals surface area contributed by atoms with Gasteiger partial charge in [-0.2, -0.15) is 0 Å². The van der Waals surface area contributed by atoms with E-state index in [1.807, 2.05) is 35.2 Å². The Kier molecular flexibility index (Phi) is 4.53. The van der Waals surface area contributed by atoms with Crippen molar-refractivity contribution in [3.8, 4) is 0 Å². The summed E-state index contributed by atoms with van der Waals surface area (Å²) in [7, 11) is 0. The molecular weight excluding hydrogens is 316 g/mol. The molecule has 1 fully saturated rings. The zero-order valence-corrected chi connectivity index (χ0v) is 14.6. The largest absolute Gasteiger partial charge is 0.374 e. The first-order valence-electron chi connectivity index (χ1n) is 9.03. The molecule has 0 saturated heterocycles. The molecule has 0 bridgehead atoms. The minimum absolute atomic E-state index is 0.0655. The molecule has 6 nitrogen and oxygen atoms in total. The number of nitrogens with zero attached hydrogens (tertiary/aromatic N) is 4. The summed E-state index contributed by atoms with van der Waals surface area (Å²) in [4.78, 5) is 13.9. The summed E-state index contributed by atoms with van der Waals surface area (Å²) < 4.78 is 7.98. The minimum Gasteiger partial charge on any atom is -0.374 e. The maximum Gasteiger partial charge on any atom is 0.220 e. The van der Waals surface area contributed by atoms with Crippen LogP contribution in [0.15, 0.2) is 30.3 Å². The fourth-order valence-electron chi connectivity index (χ4n) is 3.49. The van der Waals surface area contributed by atoms with E-state index in [2.05, 4.69) is 15.0 Å². The van der Waals surface area contributed by atoms with Crippen LogP contribution in [0.1, 0.15) is 42.8 Å². The summed E-state index contributed by atoms with van der Waals surface area (Å²) in [5.74, 6) is 0.820. The van der Waals surface area contributed by atoms with Gasteiger partial charge < -0.3 is 9.64 Å². The first-order chi connectivity index (χ1) is 12.2. The van der Waals surface area contributed by atoms with E-state index in [0.29, 0.717) is 19.8 Å². The number of ether oxygens (including phenoxy) is 1. The van der Waals surface area contributed by atoms with Gasteiger partial charge in [0.25, 0.3) is 0 Å². The predicted octanol–water partition coefficient (Wildman–Crippen LogP) is 2.35. The van der Waals surface area contributed by atoms with Crippen LogP contribution >= 0.6 is 0 Å². The Labute approximate surface area is 147 Å². The normalized spacial score (nSPS) is 19.7. The number of rotatable bonds is 6. The van der Waals surface area contributed by atoms with Crippen molar-refractivity contribution in [1.29, 1.82) is 0 Å². The summed E-state index contributed by atoms with van der Waals surface area (Å²) in [6.45, 7) is 4.27. The molecule has 6 heteroatoms. The predicted molar refractivity (Wildman–Crippen MR) is 92.7 cm³/mol. The van der Waals surface area contributed by atoms with Crippen LogP contribution in [0.25, 0.3) is 0 Å². The van der Waals surface area contributed by atoms with Gasteiger partial charge in [0.2, 0.25) is 5.91 Å². The molecule has 1 atom stereocenters. The van der Waals surface area contributed by atoms with Gasteiger partial charge in [-0.3, -0.25) is 4.79 Å². The average Bonchev–Trinajstić information content (AvgIpc) is 3.34. The van der Waals surface area contributed by atoms with E-state index in [1.165, 1.54) is 18.5 Å². The van der Waals surface area contributed by atoms with E-state index in [4.69, 9.17) is 4.74 Å². The monoisotopic (exact) mass is 340 g/mol. The molecule has 0 N–H and O–H groups in total. The lowest BCUT2D eigenvalue weighted by atomic mass is 10.0. The van der Waals surface area contributed by atoms with Crippen LogP contribution in [0.4, 0.5) is 0 Å². The third-order valence-electron chi connectivity index (χ3n) is 5.07. The fraction of sp³-hybridized carbons (Fsp3) is 0.526. The maximum atomic E-state index is 12.1. The molecule has 0 spiro atoms. The van der Waals surface area contributed by atoms with Gasteiger partial charge in [-0.15, -0.1) is 5.10 Å². The Morgan fingerprint density at radius 1 is 1.28 bits per heavy atom. The smallest absolute Gasteiger partial charge is 0.220 e. The van der Waals surface area contributed by atoms with Gasteiger partial charge in [-0.25, -0.2) is 4.68 Å². The zero-order valence-electron chi connectivity index (χ0n) is 14.6.